The van der Waals surface area contributed by atoms with Crippen LogP contribution in [0.2, 0.25) is 10.0 Å². The minimum absolute atomic E-state index is 0.0886. The number of nitrogens with one attached hydrogen (secondary N) is 2. The second-order valence-corrected chi connectivity index (χ2v) is 12.3. The lowest BCUT2D eigenvalue weighted by Crippen LogP contribution is -2.52. The van der Waals surface area contributed by atoms with Gasteiger partial charge in [0.05, 0.1) is 18.2 Å². The Bertz CT molecular complexity index is 1770. The zero-order valence-corrected chi connectivity index (χ0v) is 26.9. The number of methoxy groups -OCH3 is 1. The van der Waals surface area contributed by atoms with Gasteiger partial charge in [-0.05, 0) is 48.7 Å². The number of carbonyl (C=O) groups is 1. The van der Waals surface area contributed by atoms with Gasteiger partial charge in [-0.3, -0.25) is 14.6 Å². The molecule has 6 rings (SSSR count). The van der Waals surface area contributed by atoms with Gasteiger partial charge in [0, 0.05) is 77.7 Å². The van der Waals surface area contributed by atoms with Crippen molar-refractivity contribution in [2.45, 2.75) is 18.9 Å². The number of benzene rings is 4. The number of ether oxygens (including phenoxy) is 2. The number of hydrogen-bond acceptors (Lipinski definition) is 5. The van der Waals surface area contributed by atoms with Gasteiger partial charge in [-0.1, -0.05) is 71.7 Å². The second-order valence-electron chi connectivity index (χ2n) is 11.4. The molecule has 1 aliphatic heterocycles. The first-order valence-electron chi connectivity index (χ1n) is 15.4. The van der Waals surface area contributed by atoms with E-state index in [1.165, 1.54) is 5.56 Å². The standard InChI is InChI=1S/C36H38Cl2N4O3/c1-44-34-11-5-10-30-31(24-40-35(30)34)36(43)39-15-14-27(23-25-6-4-7-26(37)22-25)42-18-16-41(17-19-42)20-21-45-33-13-12-32(38)28-8-2-3-9-29(28)33/h2-13,22,24,27,40H,14-21,23H2,1H3,(H,39,43). The molecule has 4 aromatic carbocycles. The predicted octanol–water partition coefficient (Wildman–Crippen LogP) is 7.06. The number of aromatic nitrogens is 1. The highest BCUT2D eigenvalue weighted by atomic mass is 35.5. The lowest BCUT2D eigenvalue weighted by molar-refractivity contribution is 0.0813. The highest BCUT2D eigenvalue weighted by Gasteiger charge is 2.25. The van der Waals surface area contributed by atoms with Gasteiger partial charge in [-0.2, -0.15) is 0 Å². The molecule has 1 saturated heterocycles. The van der Waals surface area contributed by atoms with Gasteiger partial charge in [-0.25, -0.2) is 0 Å². The molecule has 0 bridgehead atoms. The maximum absolute atomic E-state index is 13.2. The summed E-state index contributed by atoms with van der Waals surface area (Å²) in [6.45, 7) is 5.86. The Balaban J connectivity index is 1.04. The highest BCUT2D eigenvalue weighted by molar-refractivity contribution is 6.35. The summed E-state index contributed by atoms with van der Waals surface area (Å²) in [5, 5.41) is 7.54. The third-order valence-corrected chi connectivity index (χ3v) is 9.25. The molecule has 45 heavy (non-hydrogen) atoms. The number of nitrogens with zero attached hydrogens (tertiary/aromatic N) is 2. The molecule has 7 nitrogen and oxygen atoms in total. The monoisotopic (exact) mass is 644 g/mol. The Morgan fingerprint density at radius 2 is 1.69 bits per heavy atom. The molecular formula is C36H38Cl2N4O3. The van der Waals surface area contributed by atoms with Gasteiger partial charge in [0.25, 0.3) is 5.91 Å². The van der Waals surface area contributed by atoms with E-state index in [9.17, 15) is 4.79 Å². The van der Waals surface area contributed by atoms with Crippen molar-refractivity contribution >= 4 is 50.8 Å². The first kappa shape index (κ1) is 31.2. The molecule has 1 amide bonds. The van der Waals surface area contributed by atoms with Crippen LogP contribution in [0.4, 0.5) is 0 Å². The molecule has 1 aliphatic rings. The van der Waals surface area contributed by atoms with Crippen molar-refractivity contribution in [2.24, 2.45) is 0 Å². The molecule has 1 fully saturated rings. The maximum Gasteiger partial charge on any atom is 0.253 e. The molecule has 1 aromatic heterocycles. The number of piperazine rings is 1. The molecule has 1 atom stereocenters. The van der Waals surface area contributed by atoms with Crippen LogP contribution in [0, 0.1) is 0 Å². The third kappa shape index (κ3) is 7.39. The fourth-order valence-corrected chi connectivity index (χ4v) is 6.72. The fraction of sp³-hybridized carbons (Fsp3) is 0.306. The van der Waals surface area contributed by atoms with Gasteiger partial charge in [0.15, 0.2) is 0 Å². The minimum atomic E-state index is -0.0886. The van der Waals surface area contributed by atoms with Crippen LogP contribution < -0.4 is 14.8 Å². The van der Waals surface area contributed by atoms with Gasteiger partial charge in [0.1, 0.15) is 18.1 Å². The Morgan fingerprint density at radius 3 is 2.49 bits per heavy atom. The number of para-hydroxylation sites is 1. The summed E-state index contributed by atoms with van der Waals surface area (Å²) < 4.78 is 11.7. The molecule has 234 valence electrons. The maximum atomic E-state index is 13.2. The van der Waals surface area contributed by atoms with Crippen molar-refractivity contribution < 1.29 is 14.3 Å². The number of halogens is 2. The molecule has 0 aliphatic carbocycles. The van der Waals surface area contributed by atoms with Crippen molar-refractivity contribution in [3.05, 3.63) is 106 Å². The van der Waals surface area contributed by atoms with E-state index in [1.807, 2.05) is 66.7 Å². The Kier molecular flexibility index (Phi) is 10.1. The number of carbonyl (C=O) groups excluding carboxylic acids is 1. The lowest BCUT2D eigenvalue weighted by Gasteiger charge is -2.39. The highest BCUT2D eigenvalue weighted by Crippen LogP contribution is 2.31. The zero-order valence-electron chi connectivity index (χ0n) is 25.4. The molecule has 1 unspecified atom stereocenters. The number of H-pyrrole nitrogens is 1. The smallest absolute Gasteiger partial charge is 0.253 e. The van der Waals surface area contributed by atoms with E-state index in [-0.39, 0.29) is 11.9 Å². The average Bonchev–Trinajstić information content (AvgIpc) is 3.51. The molecule has 0 saturated carbocycles. The van der Waals surface area contributed by atoms with Crippen LogP contribution >= 0.6 is 23.2 Å². The number of rotatable bonds is 12. The molecule has 9 heteroatoms. The van der Waals surface area contributed by atoms with Crippen molar-refractivity contribution in [1.29, 1.82) is 0 Å². The van der Waals surface area contributed by atoms with Crippen LogP contribution in [-0.4, -0.2) is 79.7 Å². The molecule has 0 spiro atoms. The summed E-state index contributed by atoms with van der Waals surface area (Å²) in [5.74, 6) is 1.50. The minimum Gasteiger partial charge on any atom is -0.495 e. The summed E-state index contributed by atoms with van der Waals surface area (Å²) in [5.41, 5.74) is 2.65. The van der Waals surface area contributed by atoms with Gasteiger partial charge in [-0.15, -0.1) is 0 Å². The van der Waals surface area contributed by atoms with Crippen molar-refractivity contribution in [3.8, 4) is 11.5 Å². The predicted molar refractivity (Wildman–Crippen MR) is 183 cm³/mol. The Labute approximate surface area is 274 Å². The molecule has 2 N–H and O–H groups in total. The van der Waals surface area contributed by atoms with E-state index < -0.39 is 0 Å². The normalized spacial score (nSPS) is 14.9. The largest absolute Gasteiger partial charge is 0.495 e. The van der Waals surface area contributed by atoms with Crippen LogP contribution in [-0.2, 0) is 6.42 Å². The average molecular weight is 646 g/mol. The summed E-state index contributed by atoms with van der Waals surface area (Å²) in [6, 6.07) is 26.0. The number of fused-ring (bicyclic) bond motifs is 2. The summed E-state index contributed by atoms with van der Waals surface area (Å²) >= 11 is 12.7. The third-order valence-electron chi connectivity index (χ3n) is 8.68. The molecule has 2 heterocycles. The van der Waals surface area contributed by atoms with Gasteiger partial charge >= 0.3 is 0 Å². The van der Waals surface area contributed by atoms with Crippen LogP contribution in [0.25, 0.3) is 21.7 Å². The topological polar surface area (TPSA) is 69.8 Å². The first-order valence-corrected chi connectivity index (χ1v) is 16.2. The number of hydrogen-bond donors (Lipinski definition) is 2. The summed E-state index contributed by atoms with van der Waals surface area (Å²) in [4.78, 5) is 21.4. The first-order chi connectivity index (χ1) is 22.0. The van der Waals surface area contributed by atoms with E-state index in [2.05, 4.69) is 32.2 Å². The zero-order chi connectivity index (χ0) is 31.2. The summed E-state index contributed by atoms with van der Waals surface area (Å²) in [7, 11) is 1.63. The number of aromatic amines is 1. The molecular weight excluding hydrogens is 607 g/mol. The van der Waals surface area contributed by atoms with E-state index in [1.54, 1.807) is 13.3 Å². The van der Waals surface area contributed by atoms with Gasteiger partial charge in [0.2, 0.25) is 0 Å². The van der Waals surface area contributed by atoms with Gasteiger partial charge < -0.3 is 19.8 Å². The van der Waals surface area contributed by atoms with Crippen molar-refractivity contribution in [2.75, 3.05) is 53.0 Å². The quantitative estimate of drug-likeness (QED) is 0.152. The Morgan fingerprint density at radius 1 is 0.911 bits per heavy atom. The SMILES string of the molecule is COc1cccc2c(C(=O)NCCC(Cc3cccc(Cl)c3)N3CCN(CCOc4ccc(Cl)c5ccccc45)CC3)c[nH]c12. The van der Waals surface area contributed by atoms with Crippen molar-refractivity contribution in [3.63, 3.8) is 0 Å². The van der Waals surface area contributed by atoms with Crippen LogP contribution in [0.1, 0.15) is 22.3 Å². The molecule has 5 aromatic rings. The van der Waals surface area contributed by atoms with E-state index in [0.29, 0.717) is 18.7 Å². The van der Waals surface area contributed by atoms with E-state index in [0.717, 1.165) is 88.8 Å². The van der Waals surface area contributed by atoms with Crippen LogP contribution in [0.3, 0.4) is 0 Å². The van der Waals surface area contributed by atoms with E-state index in [4.69, 9.17) is 32.7 Å². The van der Waals surface area contributed by atoms with Crippen LogP contribution in [0.15, 0.2) is 85.1 Å². The van der Waals surface area contributed by atoms with Crippen molar-refractivity contribution in [1.82, 2.24) is 20.1 Å². The fourth-order valence-electron chi connectivity index (χ4n) is 6.28. The number of amides is 1. The Hall–Kier alpha value is -3.75. The lowest BCUT2D eigenvalue weighted by atomic mass is 10.0. The van der Waals surface area contributed by atoms with Crippen LogP contribution in [0.5, 0.6) is 11.5 Å². The second kappa shape index (κ2) is 14.6. The van der Waals surface area contributed by atoms with E-state index >= 15 is 0 Å². The summed E-state index contributed by atoms with van der Waals surface area (Å²) in [6.07, 6.45) is 3.45. The molecule has 0 radical (unpaired) electrons.